The van der Waals surface area contributed by atoms with Crippen molar-refractivity contribution in [2.75, 3.05) is 10.2 Å². The number of nitrogens with zero attached hydrogens (tertiary/aromatic N) is 1. The minimum absolute atomic E-state index is 0.0155. The molecule has 0 bridgehead atoms. The molecule has 0 atom stereocenters. The van der Waals surface area contributed by atoms with E-state index >= 15 is 0 Å². The summed E-state index contributed by atoms with van der Waals surface area (Å²) < 4.78 is 5.52. The fourth-order valence-electron chi connectivity index (χ4n) is 3.64. The van der Waals surface area contributed by atoms with Gasteiger partial charge in [0.05, 0.1) is 11.3 Å². The second kappa shape index (κ2) is 9.15. The highest BCUT2D eigenvalue weighted by molar-refractivity contribution is 6.53. The molecule has 1 N–H and O–H groups in total. The topological polar surface area (TPSA) is 75.7 Å². The summed E-state index contributed by atoms with van der Waals surface area (Å²) in [6.45, 7) is 7.60. The molecule has 1 heterocycles. The Morgan fingerprint density at radius 1 is 0.824 bits per heavy atom. The van der Waals surface area contributed by atoms with Crippen LogP contribution < -0.4 is 15.0 Å². The van der Waals surface area contributed by atoms with E-state index in [2.05, 4.69) is 5.32 Å². The van der Waals surface area contributed by atoms with Crippen molar-refractivity contribution in [3.8, 4) is 5.75 Å². The van der Waals surface area contributed by atoms with Crippen LogP contribution in [-0.2, 0) is 9.59 Å². The molecule has 0 radical (unpaired) electrons. The predicted molar refractivity (Wildman–Crippen MR) is 132 cm³/mol. The van der Waals surface area contributed by atoms with Crippen LogP contribution in [0.25, 0.3) is 0 Å². The van der Waals surface area contributed by atoms with E-state index in [4.69, 9.17) is 16.3 Å². The molecule has 4 rings (SSSR count). The lowest BCUT2D eigenvalue weighted by Crippen LogP contribution is -2.33. The fourth-order valence-corrected chi connectivity index (χ4v) is 3.85. The minimum atomic E-state index is -0.586. The zero-order chi connectivity index (χ0) is 24.6. The molecule has 0 unspecified atom stereocenters. The van der Waals surface area contributed by atoms with Crippen molar-refractivity contribution in [2.24, 2.45) is 0 Å². The van der Waals surface area contributed by atoms with Crippen molar-refractivity contribution in [3.63, 3.8) is 0 Å². The number of amides is 2. The van der Waals surface area contributed by atoms with Crippen LogP contribution in [0.5, 0.6) is 5.75 Å². The SMILES string of the molecule is Cc1cccc(OC(=O)c2ccc(NC3=C(Cl)C(=O)N(c4cccc(C)c4C)C3=O)cc2)c1C. The van der Waals surface area contributed by atoms with Gasteiger partial charge in [0.2, 0.25) is 0 Å². The molecule has 1 aliphatic rings. The van der Waals surface area contributed by atoms with Crippen LogP contribution >= 0.6 is 11.6 Å². The number of hydrogen-bond acceptors (Lipinski definition) is 5. The number of imide groups is 1. The van der Waals surface area contributed by atoms with Crippen LogP contribution in [0, 0.1) is 27.7 Å². The largest absolute Gasteiger partial charge is 0.423 e. The highest BCUT2D eigenvalue weighted by Gasteiger charge is 2.39. The summed E-state index contributed by atoms with van der Waals surface area (Å²) in [4.78, 5) is 39.5. The lowest BCUT2D eigenvalue weighted by atomic mass is 10.1. The van der Waals surface area contributed by atoms with Crippen LogP contribution in [-0.4, -0.2) is 17.8 Å². The van der Waals surface area contributed by atoms with E-state index in [9.17, 15) is 14.4 Å². The fraction of sp³-hybridized carbons (Fsp3) is 0.148. The number of rotatable bonds is 5. The van der Waals surface area contributed by atoms with Crippen LogP contribution in [0.3, 0.4) is 0 Å². The van der Waals surface area contributed by atoms with E-state index in [-0.39, 0.29) is 10.7 Å². The Morgan fingerprint density at radius 2 is 1.44 bits per heavy atom. The van der Waals surface area contributed by atoms with Gasteiger partial charge in [0.1, 0.15) is 16.5 Å². The molecule has 0 spiro atoms. The number of hydrogen-bond donors (Lipinski definition) is 1. The van der Waals surface area contributed by atoms with Crippen LogP contribution in [0.4, 0.5) is 11.4 Å². The summed E-state index contributed by atoms with van der Waals surface area (Å²) in [6, 6.07) is 17.3. The second-order valence-electron chi connectivity index (χ2n) is 8.14. The summed E-state index contributed by atoms with van der Waals surface area (Å²) in [5.41, 5.74) is 5.03. The monoisotopic (exact) mass is 474 g/mol. The van der Waals surface area contributed by atoms with Gasteiger partial charge in [0.15, 0.2) is 0 Å². The lowest BCUT2D eigenvalue weighted by Gasteiger charge is -2.18. The first-order valence-electron chi connectivity index (χ1n) is 10.7. The van der Waals surface area contributed by atoms with Gasteiger partial charge >= 0.3 is 5.97 Å². The van der Waals surface area contributed by atoms with Gasteiger partial charge in [-0.15, -0.1) is 0 Å². The van der Waals surface area contributed by atoms with Gasteiger partial charge in [0.25, 0.3) is 11.8 Å². The third-order valence-electron chi connectivity index (χ3n) is 5.99. The number of carbonyl (C=O) groups excluding carboxylic acids is 3. The summed E-state index contributed by atoms with van der Waals surface area (Å²) in [6.07, 6.45) is 0. The molecule has 34 heavy (non-hydrogen) atoms. The molecule has 1 aliphatic heterocycles. The number of carbonyl (C=O) groups is 3. The zero-order valence-corrected chi connectivity index (χ0v) is 20.0. The number of esters is 1. The number of benzene rings is 3. The molecule has 0 aliphatic carbocycles. The molecule has 172 valence electrons. The summed E-state index contributed by atoms with van der Waals surface area (Å²) in [5, 5.41) is 2.73. The van der Waals surface area contributed by atoms with Gasteiger partial charge in [-0.2, -0.15) is 0 Å². The smallest absolute Gasteiger partial charge is 0.343 e. The van der Waals surface area contributed by atoms with Gasteiger partial charge in [-0.3, -0.25) is 9.59 Å². The summed E-state index contributed by atoms with van der Waals surface area (Å²) >= 11 is 6.24. The minimum Gasteiger partial charge on any atom is -0.423 e. The number of aryl methyl sites for hydroxylation is 2. The first kappa shape index (κ1) is 23.3. The Balaban J connectivity index is 1.51. The Hall–Kier alpha value is -3.90. The molecule has 0 aromatic heterocycles. The molecule has 0 saturated carbocycles. The van der Waals surface area contributed by atoms with Crippen molar-refractivity contribution in [3.05, 3.63) is 99.2 Å². The van der Waals surface area contributed by atoms with Crippen molar-refractivity contribution in [1.29, 1.82) is 0 Å². The Bertz CT molecular complexity index is 1360. The Morgan fingerprint density at radius 3 is 2.12 bits per heavy atom. The zero-order valence-electron chi connectivity index (χ0n) is 19.2. The van der Waals surface area contributed by atoms with Crippen molar-refractivity contribution in [1.82, 2.24) is 0 Å². The van der Waals surface area contributed by atoms with Crippen LogP contribution in [0.15, 0.2) is 71.4 Å². The Kier molecular flexibility index (Phi) is 6.26. The molecule has 6 nitrogen and oxygen atoms in total. The third kappa shape index (κ3) is 4.20. The van der Waals surface area contributed by atoms with Gasteiger partial charge < -0.3 is 10.1 Å². The Labute approximate surface area is 202 Å². The number of ether oxygens (including phenoxy) is 1. The maximum Gasteiger partial charge on any atom is 0.343 e. The summed E-state index contributed by atoms with van der Waals surface area (Å²) in [7, 11) is 0. The molecule has 2 amide bonds. The maximum atomic E-state index is 13.1. The van der Waals surface area contributed by atoms with E-state index in [0.29, 0.717) is 22.7 Å². The molecule has 3 aromatic carbocycles. The molecular formula is C27H23ClN2O4. The van der Waals surface area contributed by atoms with Crippen LogP contribution in [0.2, 0.25) is 0 Å². The number of anilines is 2. The predicted octanol–water partition coefficient (Wildman–Crippen LogP) is 5.58. The third-order valence-corrected chi connectivity index (χ3v) is 6.34. The van der Waals surface area contributed by atoms with Gasteiger partial charge in [-0.1, -0.05) is 35.9 Å². The molecular weight excluding hydrogens is 452 g/mol. The van der Waals surface area contributed by atoms with E-state index < -0.39 is 17.8 Å². The van der Waals surface area contributed by atoms with E-state index in [1.54, 1.807) is 42.5 Å². The van der Waals surface area contributed by atoms with Crippen molar-refractivity contribution < 1.29 is 19.1 Å². The van der Waals surface area contributed by atoms with Gasteiger partial charge in [-0.05, 0) is 86.3 Å². The molecule has 0 fully saturated rings. The highest BCUT2D eigenvalue weighted by atomic mass is 35.5. The van der Waals surface area contributed by atoms with E-state index in [0.717, 1.165) is 27.2 Å². The van der Waals surface area contributed by atoms with Crippen molar-refractivity contribution in [2.45, 2.75) is 27.7 Å². The second-order valence-corrected chi connectivity index (χ2v) is 8.52. The van der Waals surface area contributed by atoms with Gasteiger partial charge in [0, 0.05) is 5.69 Å². The average molecular weight is 475 g/mol. The van der Waals surface area contributed by atoms with Crippen molar-refractivity contribution >= 4 is 40.8 Å². The molecule has 7 heteroatoms. The summed E-state index contributed by atoms with van der Waals surface area (Å²) in [5.74, 6) is -1.12. The standard InChI is InChI=1S/C27H23ClN2O4/c1-15-7-5-9-21(17(15)3)30-25(31)23(28)24(26(30)32)29-20-13-11-19(12-14-20)27(33)34-22-10-6-8-16(2)18(22)4/h5-14,29H,1-4H3. The van der Waals surface area contributed by atoms with E-state index in [1.807, 2.05) is 45.9 Å². The van der Waals surface area contributed by atoms with E-state index in [1.165, 1.54) is 0 Å². The first-order valence-corrected chi connectivity index (χ1v) is 11.1. The quantitative estimate of drug-likeness (QED) is 0.297. The number of halogens is 1. The van der Waals surface area contributed by atoms with Gasteiger partial charge in [-0.25, -0.2) is 9.69 Å². The average Bonchev–Trinajstić information content (AvgIpc) is 3.02. The first-order chi connectivity index (χ1) is 16.2. The van der Waals surface area contributed by atoms with Crippen LogP contribution in [0.1, 0.15) is 32.6 Å². The molecule has 0 saturated heterocycles. The molecule has 3 aromatic rings. The normalized spacial score (nSPS) is 13.5. The maximum absolute atomic E-state index is 13.1. The highest BCUT2D eigenvalue weighted by Crippen LogP contribution is 2.33. The lowest BCUT2D eigenvalue weighted by molar-refractivity contribution is -0.120. The number of nitrogens with one attached hydrogen (secondary N) is 1.